The van der Waals surface area contributed by atoms with Crippen molar-refractivity contribution in [2.45, 2.75) is 39.5 Å². The molecule has 0 amide bonds. The van der Waals surface area contributed by atoms with Crippen molar-refractivity contribution in [1.29, 1.82) is 0 Å². The summed E-state index contributed by atoms with van der Waals surface area (Å²) < 4.78 is 7.55. The van der Waals surface area contributed by atoms with Crippen molar-refractivity contribution in [3.63, 3.8) is 0 Å². The zero-order valence-corrected chi connectivity index (χ0v) is 13.6. The van der Waals surface area contributed by atoms with Gasteiger partial charge in [-0.1, -0.05) is 23.7 Å². The molecular formula is C15H21ClN4O. The van der Waals surface area contributed by atoms with Crippen LogP contribution >= 0.6 is 11.6 Å². The topological polar surface area (TPSA) is 52.0 Å². The Balaban J connectivity index is 2.12. The van der Waals surface area contributed by atoms with E-state index < -0.39 is 0 Å². The van der Waals surface area contributed by atoms with Gasteiger partial charge in [0.05, 0.1) is 5.02 Å². The van der Waals surface area contributed by atoms with Crippen LogP contribution in [-0.2, 0) is 20.2 Å². The Hall–Kier alpha value is -1.59. The fraction of sp³-hybridized carbons (Fsp3) is 0.467. The highest BCUT2D eigenvalue weighted by Gasteiger charge is 2.14. The number of aromatic nitrogens is 3. The molecule has 1 heterocycles. The van der Waals surface area contributed by atoms with Crippen molar-refractivity contribution < 1.29 is 4.74 Å². The number of hydrogen-bond acceptors (Lipinski definition) is 4. The molecule has 0 fully saturated rings. The number of halogens is 1. The van der Waals surface area contributed by atoms with E-state index in [1.165, 1.54) is 6.33 Å². The van der Waals surface area contributed by atoms with Crippen LogP contribution in [0.25, 0.3) is 0 Å². The summed E-state index contributed by atoms with van der Waals surface area (Å²) in [4.78, 5) is 4.14. The lowest BCUT2D eigenvalue weighted by Crippen LogP contribution is -2.35. The molecule has 114 valence electrons. The van der Waals surface area contributed by atoms with Gasteiger partial charge in [0, 0.05) is 24.7 Å². The highest BCUT2D eigenvalue weighted by atomic mass is 35.5. The Bertz CT molecular complexity index is 604. The number of hydrogen-bond donors (Lipinski definition) is 1. The first kappa shape index (κ1) is 15.8. The van der Waals surface area contributed by atoms with E-state index in [4.69, 9.17) is 16.3 Å². The van der Waals surface area contributed by atoms with Crippen LogP contribution in [0.2, 0.25) is 5.02 Å². The van der Waals surface area contributed by atoms with E-state index in [1.54, 1.807) is 4.68 Å². The second-order valence-corrected chi connectivity index (χ2v) is 6.33. The molecule has 2 aromatic rings. The molecule has 0 atom stereocenters. The van der Waals surface area contributed by atoms with Crippen molar-refractivity contribution in [3.05, 3.63) is 40.9 Å². The summed E-state index contributed by atoms with van der Waals surface area (Å²) in [7, 11) is 1.83. The van der Waals surface area contributed by atoms with E-state index in [1.807, 2.05) is 25.2 Å². The molecule has 0 radical (unpaired) electrons. The molecule has 1 aromatic carbocycles. The van der Waals surface area contributed by atoms with Crippen LogP contribution in [0.3, 0.4) is 0 Å². The number of benzene rings is 1. The van der Waals surface area contributed by atoms with Crippen molar-refractivity contribution in [3.8, 4) is 5.75 Å². The van der Waals surface area contributed by atoms with Crippen LogP contribution < -0.4 is 10.1 Å². The van der Waals surface area contributed by atoms with Gasteiger partial charge >= 0.3 is 0 Å². The lowest BCUT2D eigenvalue weighted by atomic mass is 10.1. The monoisotopic (exact) mass is 308 g/mol. The Kier molecular flexibility index (Phi) is 4.85. The molecule has 0 aliphatic rings. The summed E-state index contributed by atoms with van der Waals surface area (Å²) in [6, 6.07) is 5.77. The Morgan fingerprint density at radius 3 is 2.71 bits per heavy atom. The first-order chi connectivity index (χ1) is 9.87. The van der Waals surface area contributed by atoms with Gasteiger partial charge in [-0.3, -0.25) is 4.68 Å². The molecule has 0 saturated carbocycles. The number of para-hydroxylation sites is 1. The van der Waals surface area contributed by atoms with Crippen LogP contribution in [0.4, 0.5) is 0 Å². The quantitative estimate of drug-likeness (QED) is 0.922. The van der Waals surface area contributed by atoms with Crippen LogP contribution in [0, 0.1) is 0 Å². The van der Waals surface area contributed by atoms with Gasteiger partial charge in [0.15, 0.2) is 5.82 Å². The predicted octanol–water partition coefficient (Wildman–Crippen LogP) is 2.94. The minimum absolute atomic E-state index is 0.0309. The molecule has 1 N–H and O–H groups in total. The first-order valence-electron chi connectivity index (χ1n) is 6.85. The molecule has 6 heteroatoms. The van der Waals surface area contributed by atoms with E-state index in [0.29, 0.717) is 23.9 Å². The van der Waals surface area contributed by atoms with Crippen LogP contribution in [0.15, 0.2) is 24.5 Å². The normalized spacial score (nSPS) is 11.7. The first-order valence-corrected chi connectivity index (χ1v) is 7.23. The van der Waals surface area contributed by atoms with Gasteiger partial charge in [0.25, 0.3) is 0 Å². The molecule has 0 saturated heterocycles. The van der Waals surface area contributed by atoms with Gasteiger partial charge in [0.2, 0.25) is 0 Å². The van der Waals surface area contributed by atoms with Crippen LogP contribution in [0.1, 0.15) is 32.2 Å². The Morgan fingerprint density at radius 1 is 1.33 bits per heavy atom. The van der Waals surface area contributed by atoms with Gasteiger partial charge in [0.1, 0.15) is 18.7 Å². The molecule has 0 bridgehead atoms. The summed E-state index contributed by atoms with van der Waals surface area (Å²) in [6.07, 6.45) is 1.51. The lowest BCUT2D eigenvalue weighted by Gasteiger charge is -2.22. The standard InChI is InChI=1S/C15H21ClN4O/c1-15(2,3)18-8-11-6-5-7-12(16)14(11)21-9-13-17-10-19-20(13)4/h5-7,10,18H,8-9H2,1-4H3. The fourth-order valence-corrected chi connectivity index (χ4v) is 2.05. The third-order valence-electron chi connectivity index (χ3n) is 3.01. The van der Waals surface area contributed by atoms with E-state index in [-0.39, 0.29) is 5.54 Å². The number of nitrogens with zero attached hydrogens (tertiary/aromatic N) is 3. The minimum atomic E-state index is 0.0309. The van der Waals surface area contributed by atoms with Crippen LogP contribution in [-0.4, -0.2) is 20.3 Å². The second kappa shape index (κ2) is 6.45. The van der Waals surface area contributed by atoms with Crippen molar-refractivity contribution in [1.82, 2.24) is 20.1 Å². The Labute approximate surface area is 130 Å². The number of ether oxygens (including phenoxy) is 1. The highest BCUT2D eigenvalue weighted by Crippen LogP contribution is 2.29. The molecule has 5 nitrogen and oxygen atoms in total. The van der Waals surface area contributed by atoms with Gasteiger partial charge in [-0.05, 0) is 26.8 Å². The van der Waals surface area contributed by atoms with Crippen molar-refractivity contribution >= 4 is 11.6 Å². The largest absolute Gasteiger partial charge is 0.484 e. The van der Waals surface area contributed by atoms with E-state index >= 15 is 0 Å². The average Bonchev–Trinajstić information content (AvgIpc) is 2.80. The summed E-state index contributed by atoms with van der Waals surface area (Å²) in [5.74, 6) is 1.45. The highest BCUT2D eigenvalue weighted by molar-refractivity contribution is 6.32. The maximum absolute atomic E-state index is 6.26. The smallest absolute Gasteiger partial charge is 0.164 e. The lowest BCUT2D eigenvalue weighted by molar-refractivity contribution is 0.285. The summed E-state index contributed by atoms with van der Waals surface area (Å²) in [5.41, 5.74) is 1.06. The molecule has 21 heavy (non-hydrogen) atoms. The van der Waals surface area contributed by atoms with Crippen LogP contribution in [0.5, 0.6) is 5.75 Å². The zero-order chi connectivity index (χ0) is 15.5. The third-order valence-corrected chi connectivity index (χ3v) is 3.31. The fourth-order valence-electron chi connectivity index (χ4n) is 1.80. The molecule has 0 spiro atoms. The van der Waals surface area contributed by atoms with Gasteiger partial charge in [-0.2, -0.15) is 5.10 Å². The second-order valence-electron chi connectivity index (χ2n) is 5.92. The SMILES string of the molecule is Cn1ncnc1COc1c(Cl)cccc1CNC(C)(C)C. The predicted molar refractivity (Wildman–Crippen MR) is 83.4 cm³/mol. The molecule has 0 aliphatic carbocycles. The average molecular weight is 309 g/mol. The molecular weight excluding hydrogens is 288 g/mol. The molecule has 0 aliphatic heterocycles. The van der Waals surface area contributed by atoms with E-state index in [0.717, 1.165) is 11.4 Å². The molecule has 0 unspecified atom stereocenters. The zero-order valence-electron chi connectivity index (χ0n) is 12.9. The Morgan fingerprint density at radius 2 is 2.10 bits per heavy atom. The van der Waals surface area contributed by atoms with Crippen molar-refractivity contribution in [2.75, 3.05) is 0 Å². The number of aryl methyl sites for hydroxylation is 1. The van der Waals surface area contributed by atoms with Gasteiger partial charge < -0.3 is 10.1 Å². The van der Waals surface area contributed by atoms with Crippen molar-refractivity contribution in [2.24, 2.45) is 7.05 Å². The van der Waals surface area contributed by atoms with Gasteiger partial charge in [-0.15, -0.1) is 0 Å². The minimum Gasteiger partial charge on any atom is -0.484 e. The summed E-state index contributed by atoms with van der Waals surface area (Å²) in [5, 5.41) is 8.06. The maximum atomic E-state index is 6.26. The van der Waals surface area contributed by atoms with Gasteiger partial charge in [-0.25, -0.2) is 4.98 Å². The number of rotatable bonds is 5. The third kappa shape index (κ3) is 4.44. The number of nitrogens with one attached hydrogen (secondary N) is 1. The van der Waals surface area contributed by atoms with E-state index in [9.17, 15) is 0 Å². The summed E-state index contributed by atoms with van der Waals surface area (Å²) in [6.45, 7) is 7.40. The van der Waals surface area contributed by atoms with E-state index in [2.05, 4.69) is 36.2 Å². The summed E-state index contributed by atoms with van der Waals surface area (Å²) >= 11 is 6.26. The maximum Gasteiger partial charge on any atom is 0.164 e. The molecule has 1 aromatic heterocycles. The molecule has 2 rings (SSSR count).